The van der Waals surface area contributed by atoms with Crippen molar-refractivity contribution in [1.29, 1.82) is 0 Å². The van der Waals surface area contributed by atoms with Gasteiger partial charge in [0, 0.05) is 11.9 Å². The number of thiophene rings is 1. The van der Waals surface area contributed by atoms with E-state index in [1.54, 1.807) is 0 Å². The molecule has 0 fully saturated rings. The van der Waals surface area contributed by atoms with Gasteiger partial charge >= 0.3 is 5.97 Å². The molecule has 7 heteroatoms. The molecular formula is C14H15NO4S2. The van der Waals surface area contributed by atoms with Crippen LogP contribution in [-0.4, -0.2) is 26.0 Å². The predicted octanol–water partition coefficient (Wildman–Crippen LogP) is 2.53. The summed E-state index contributed by atoms with van der Waals surface area (Å²) in [4.78, 5) is 10.8. The van der Waals surface area contributed by atoms with Crippen LogP contribution in [0.2, 0.25) is 0 Å². The second-order valence-corrected chi connectivity index (χ2v) is 7.29. The van der Waals surface area contributed by atoms with Crippen LogP contribution in [0.25, 0.3) is 0 Å². The Balaban J connectivity index is 2.06. The van der Waals surface area contributed by atoms with Gasteiger partial charge in [-0.15, -0.1) is 11.3 Å². The Kier molecular flexibility index (Phi) is 4.76. The summed E-state index contributed by atoms with van der Waals surface area (Å²) in [6, 6.07) is 10.7. The van der Waals surface area contributed by atoms with E-state index in [4.69, 9.17) is 5.11 Å². The first-order valence-electron chi connectivity index (χ1n) is 6.26. The van der Waals surface area contributed by atoms with Gasteiger partial charge in [0.25, 0.3) is 0 Å². The molecule has 2 aromatic rings. The molecule has 0 saturated carbocycles. The summed E-state index contributed by atoms with van der Waals surface area (Å²) in [5.41, 5.74) is 1.04. The average molecular weight is 325 g/mol. The number of sulfonamides is 1. The number of carboxylic acid groups (broad SMARTS) is 1. The fourth-order valence-corrected chi connectivity index (χ4v) is 4.03. The van der Waals surface area contributed by atoms with Crippen molar-refractivity contribution in [3.8, 4) is 0 Å². The van der Waals surface area contributed by atoms with Crippen LogP contribution < -0.4 is 4.72 Å². The minimum atomic E-state index is -3.68. The number of rotatable bonds is 6. The quantitative estimate of drug-likeness (QED) is 0.855. The lowest BCUT2D eigenvalue weighted by Gasteiger charge is -2.12. The molecule has 1 heterocycles. The molecule has 5 nitrogen and oxygen atoms in total. The van der Waals surface area contributed by atoms with Crippen LogP contribution in [0.4, 0.5) is 0 Å². The summed E-state index contributed by atoms with van der Waals surface area (Å²) in [5, 5.41) is 10.2. The van der Waals surface area contributed by atoms with Gasteiger partial charge in [-0.25, -0.2) is 17.9 Å². The molecule has 1 aromatic heterocycles. The van der Waals surface area contributed by atoms with Crippen molar-refractivity contribution < 1.29 is 18.3 Å². The molecule has 2 N–H and O–H groups in total. The summed E-state index contributed by atoms with van der Waals surface area (Å²) in [5.74, 6) is -1.10. The van der Waals surface area contributed by atoms with Gasteiger partial charge in [-0.3, -0.25) is 0 Å². The van der Waals surface area contributed by atoms with Gasteiger partial charge in [0.15, 0.2) is 0 Å². The zero-order valence-corrected chi connectivity index (χ0v) is 12.9. The third-order valence-electron chi connectivity index (χ3n) is 3.04. The van der Waals surface area contributed by atoms with Gasteiger partial charge in [0.05, 0.1) is 4.90 Å². The van der Waals surface area contributed by atoms with Crippen molar-refractivity contribution >= 4 is 27.3 Å². The molecule has 0 aliphatic heterocycles. The molecule has 0 saturated heterocycles. The maximum atomic E-state index is 12.1. The molecule has 0 bridgehead atoms. The van der Waals surface area contributed by atoms with Gasteiger partial charge < -0.3 is 5.11 Å². The fourth-order valence-electron chi connectivity index (χ4n) is 1.79. The zero-order chi connectivity index (χ0) is 15.5. The van der Waals surface area contributed by atoms with Crippen LogP contribution >= 0.6 is 11.3 Å². The molecular weight excluding hydrogens is 310 g/mol. The van der Waals surface area contributed by atoms with Crippen molar-refractivity contribution in [1.82, 2.24) is 4.72 Å². The second-order valence-electron chi connectivity index (χ2n) is 4.62. The Hall–Kier alpha value is -1.70. The van der Waals surface area contributed by atoms with Crippen molar-refractivity contribution in [2.24, 2.45) is 0 Å². The highest BCUT2D eigenvalue weighted by Gasteiger charge is 2.19. The van der Waals surface area contributed by atoms with E-state index in [1.807, 2.05) is 37.3 Å². The topological polar surface area (TPSA) is 83.5 Å². The minimum Gasteiger partial charge on any atom is -0.477 e. The van der Waals surface area contributed by atoms with Crippen molar-refractivity contribution in [3.05, 3.63) is 52.2 Å². The Bertz CT molecular complexity index is 722. The molecule has 0 spiro atoms. The van der Waals surface area contributed by atoms with Crippen LogP contribution in [0.5, 0.6) is 0 Å². The van der Waals surface area contributed by atoms with Crippen LogP contribution in [0, 0.1) is 0 Å². The molecule has 1 unspecified atom stereocenters. The van der Waals surface area contributed by atoms with E-state index in [9.17, 15) is 13.2 Å². The first-order chi connectivity index (χ1) is 9.90. The molecule has 112 valence electrons. The van der Waals surface area contributed by atoms with Crippen LogP contribution in [0.1, 0.15) is 28.1 Å². The highest BCUT2D eigenvalue weighted by atomic mass is 32.2. The third-order valence-corrected chi connectivity index (χ3v) is 5.52. The molecule has 1 atom stereocenters. The minimum absolute atomic E-state index is 0.00600. The van der Waals surface area contributed by atoms with E-state index in [1.165, 1.54) is 11.4 Å². The summed E-state index contributed by atoms with van der Waals surface area (Å²) >= 11 is 0.896. The van der Waals surface area contributed by atoms with Crippen molar-refractivity contribution in [2.45, 2.75) is 17.7 Å². The Labute approximate surface area is 127 Å². The van der Waals surface area contributed by atoms with Crippen LogP contribution in [-0.2, 0) is 10.0 Å². The lowest BCUT2D eigenvalue weighted by molar-refractivity contribution is 0.0702. The molecule has 1 aromatic carbocycles. The van der Waals surface area contributed by atoms with Gasteiger partial charge in [-0.2, -0.15) is 0 Å². The third kappa shape index (κ3) is 3.90. The highest BCUT2D eigenvalue weighted by Crippen LogP contribution is 2.20. The van der Waals surface area contributed by atoms with E-state index in [2.05, 4.69) is 4.72 Å². The van der Waals surface area contributed by atoms with Crippen LogP contribution in [0.3, 0.4) is 0 Å². The van der Waals surface area contributed by atoms with E-state index >= 15 is 0 Å². The largest absolute Gasteiger partial charge is 0.477 e. The molecule has 0 radical (unpaired) electrons. The summed E-state index contributed by atoms with van der Waals surface area (Å²) < 4.78 is 26.7. The first-order valence-corrected chi connectivity index (χ1v) is 8.63. The standard InChI is InChI=1S/C14H15NO4S2/c1-10(11-5-3-2-4-6-11)8-15-21(18,19)12-7-13(14(16)17)20-9-12/h2-7,9-10,15H,8H2,1H3,(H,16,17). The Morgan fingerprint density at radius 3 is 2.57 bits per heavy atom. The van der Waals surface area contributed by atoms with Gasteiger partial charge in [-0.05, 0) is 17.5 Å². The monoisotopic (exact) mass is 325 g/mol. The molecule has 0 aliphatic rings. The molecule has 0 amide bonds. The van der Waals surface area contributed by atoms with Crippen LogP contribution in [0.15, 0.2) is 46.7 Å². The van der Waals surface area contributed by atoms with E-state index in [0.717, 1.165) is 16.9 Å². The van der Waals surface area contributed by atoms with Crippen molar-refractivity contribution in [2.75, 3.05) is 6.54 Å². The normalized spacial score (nSPS) is 13.0. The van der Waals surface area contributed by atoms with Gasteiger partial charge in [0.2, 0.25) is 10.0 Å². The second kappa shape index (κ2) is 6.38. The van der Waals surface area contributed by atoms with Gasteiger partial charge in [0.1, 0.15) is 4.88 Å². The Morgan fingerprint density at radius 2 is 2.00 bits per heavy atom. The fraction of sp³-hybridized carbons (Fsp3) is 0.214. The van der Waals surface area contributed by atoms with Crippen molar-refractivity contribution in [3.63, 3.8) is 0 Å². The first kappa shape index (κ1) is 15.7. The van der Waals surface area contributed by atoms with E-state index in [-0.39, 0.29) is 22.2 Å². The maximum absolute atomic E-state index is 12.1. The van der Waals surface area contributed by atoms with Gasteiger partial charge in [-0.1, -0.05) is 37.3 Å². The summed E-state index contributed by atoms with van der Waals surface area (Å²) in [6.45, 7) is 2.18. The number of carbonyl (C=O) groups is 1. The smallest absolute Gasteiger partial charge is 0.345 e. The summed E-state index contributed by atoms with van der Waals surface area (Å²) in [7, 11) is -3.68. The Morgan fingerprint density at radius 1 is 1.33 bits per heavy atom. The molecule has 21 heavy (non-hydrogen) atoms. The average Bonchev–Trinajstić information content (AvgIpc) is 2.97. The number of benzene rings is 1. The van der Waals surface area contributed by atoms with E-state index < -0.39 is 16.0 Å². The summed E-state index contributed by atoms with van der Waals surface area (Å²) in [6.07, 6.45) is 0. The lowest BCUT2D eigenvalue weighted by Crippen LogP contribution is -2.27. The zero-order valence-electron chi connectivity index (χ0n) is 11.3. The molecule has 0 aliphatic carbocycles. The number of carboxylic acids is 1. The number of hydrogen-bond acceptors (Lipinski definition) is 4. The van der Waals surface area contributed by atoms with E-state index in [0.29, 0.717) is 0 Å². The lowest BCUT2D eigenvalue weighted by atomic mass is 10.0. The SMILES string of the molecule is CC(CNS(=O)(=O)c1csc(C(=O)O)c1)c1ccccc1. The number of hydrogen-bond donors (Lipinski definition) is 2. The maximum Gasteiger partial charge on any atom is 0.345 e. The predicted molar refractivity (Wildman–Crippen MR) is 81.3 cm³/mol. The number of nitrogens with one attached hydrogen (secondary N) is 1. The highest BCUT2D eigenvalue weighted by molar-refractivity contribution is 7.89. The number of aromatic carboxylic acids is 1. The molecule has 2 rings (SSSR count).